The van der Waals surface area contributed by atoms with E-state index in [1.807, 2.05) is 0 Å². The summed E-state index contributed by atoms with van der Waals surface area (Å²) in [5.74, 6) is -0.136. The predicted octanol–water partition coefficient (Wildman–Crippen LogP) is 1.47. The van der Waals surface area contributed by atoms with Crippen LogP contribution >= 0.6 is 0 Å². The Morgan fingerprint density at radius 1 is 1.29 bits per heavy atom. The van der Waals surface area contributed by atoms with Crippen LogP contribution in [-0.4, -0.2) is 36.2 Å². The van der Waals surface area contributed by atoms with Crippen molar-refractivity contribution in [2.45, 2.75) is 31.8 Å². The van der Waals surface area contributed by atoms with Crippen molar-refractivity contribution in [1.82, 2.24) is 5.32 Å². The van der Waals surface area contributed by atoms with Crippen molar-refractivity contribution in [3.63, 3.8) is 0 Å². The van der Waals surface area contributed by atoms with Crippen molar-refractivity contribution < 1.29 is 14.7 Å². The van der Waals surface area contributed by atoms with E-state index in [0.29, 0.717) is 30.4 Å². The molecule has 1 aliphatic rings. The Labute approximate surface area is 124 Å². The van der Waals surface area contributed by atoms with Crippen molar-refractivity contribution in [2.75, 3.05) is 13.2 Å². The van der Waals surface area contributed by atoms with Gasteiger partial charge in [-0.2, -0.15) is 0 Å². The van der Waals surface area contributed by atoms with Gasteiger partial charge >= 0.3 is 0 Å². The molecule has 1 aromatic carbocycles. The molecule has 21 heavy (non-hydrogen) atoms. The van der Waals surface area contributed by atoms with Crippen LogP contribution in [0.25, 0.3) is 0 Å². The van der Waals surface area contributed by atoms with Gasteiger partial charge < -0.3 is 21.0 Å². The van der Waals surface area contributed by atoms with Crippen LogP contribution in [-0.2, 0) is 4.74 Å². The molecule has 1 saturated carbocycles. The third-order valence-electron chi connectivity index (χ3n) is 3.59. The van der Waals surface area contributed by atoms with Crippen LogP contribution in [0.1, 0.15) is 41.6 Å². The highest BCUT2D eigenvalue weighted by atomic mass is 16.5. The van der Waals surface area contributed by atoms with E-state index < -0.39 is 0 Å². The van der Waals surface area contributed by atoms with E-state index in [1.165, 1.54) is 12.8 Å². The zero-order valence-electron chi connectivity index (χ0n) is 11.9. The van der Waals surface area contributed by atoms with Gasteiger partial charge in [0.05, 0.1) is 12.7 Å². The number of rotatable bonds is 6. The number of oxime groups is 1. The summed E-state index contributed by atoms with van der Waals surface area (Å²) in [5.41, 5.74) is 6.56. The summed E-state index contributed by atoms with van der Waals surface area (Å²) in [6.07, 6.45) is 5.10. The van der Waals surface area contributed by atoms with E-state index >= 15 is 0 Å². The summed E-state index contributed by atoms with van der Waals surface area (Å²) in [7, 11) is 0. The van der Waals surface area contributed by atoms with E-state index in [1.54, 1.807) is 24.3 Å². The Bertz CT molecular complexity index is 493. The molecule has 1 fully saturated rings. The third-order valence-corrected chi connectivity index (χ3v) is 3.59. The summed E-state index contributed by atoms with van der Waals surface area (Å²) in [6.45, 7) is 1.04. The summed E-state index contributed by atoms with van der Waals surface area (Å²) in [6, 6.07) is 6.55. The van der Waals surface area contributed by atoms with Crippen LogP contribution in [0.15, 0.2) is 29.4 Å². The van der Waals surface area contributed by atoms with E-state index in [0.717, 1.165) is 12.8 Å². The molecule has 6 heteroatoms. The van der Waals surface area contributed by atoms with Crippen LogP contribution in [0.4, 0.5) is 0 Å². The summed E-state index contributed by atoms with van der Waals surface area (Å²) in [4.78, 5) is 11.9. The predicted molar refractivity (Wildman–Crippen MR) is 79.5 cm³/mol. The van der Waals surface area contributed by atoms with Gasteiger partial charge in [0.25, 0.3) is 5.91 Å². The topological polar surface area (TPSA) is 96.9 Å². The summed E-state index contributed by atoms with van der Waals surface area (Å²) >= 11 is 0. The van der Waals surface area contributed by atoms with E-state index in [9.17, 15) is 4.79 Å². The molecule has 1 amide bonds. The van der Waals surface area contributed by atoms with Gasteiger partial charge in [0.15, 0.2) is 5.84 Å². The number of nitrogens with two attached hydrogens (primary N) is 1. The largest absolute Gasteiger partial charge is 0.409 e. The Kier molecular flexibility index (Phi) is 5.57. The maximum atomic E-state index is 11.9. The highest BCUT2D eigenvalue weighted by Gasteiger charge is 2.15. The molecular weight excluding hydrogens is 270 g/mol. The number of nitrogens with zero attached hydrogens (tertiary/aromatic N) is 1. The number of nitrogens with one attached hydrogen (secondary N) is 1. The molecule has 4 N–H and O–H groups in total. The number of amidine groups is 1. The van der Waals surface area contributed by atoms with E-state index in [2.05, 4.69) is 10.5 Å². The Morgan fingerprint density at radius 3 is 2.52 bits per heavy atom. The molecule has 0 atom stereocenters. The minimum absolute atomic E-state index is 0.0203. The quantitative estimate of drug-likeness (QED) is 0.243. The van der Waals surface area contributed by atoms with Crippen molar-refractivity contribution in [3.8, 4) is 0 Å². The second-order valence-electron chi connectivity index (χ2n) is 5.10. The van der Waals surface area contributed by atoms with Gasteiger partial charge in [-0.25, -0.2) is 0 Å². The highest BCUT2D eigenvalue weighted by Crippen LogP contribution is 2.20. The SMILES string of the molecule is NC(=NO)c1ccc(C(=O)NCCOC2CCCC2)cc1. The number of amides is 1. The van der Waals surface area contributed by atoms with Crippen molar-refractivity contribution in [3.05, 3.63) is 35.4 Å². The number of benzene rings is 1. The van der Waals surface area contributed by atoms with E-state index in [-0.39, 0.29) is 11.7 Å². The molecule has 0 heterocycles. The van der Waals surface area contributed by atoms with Crippen molar-refractivity contribution in [2.24, 2.45) is 10.9 Å². The molecule has 6 nitrogen and oxygen atoms in total. The molecule has 0 unspecified atom stereocenters. The minimum Gasteiger partial charge on any atom is -0.409 e. The highest BCUT2D eigenvalue weighted by molar-refractivity contribution is 5.99. The zero-order chi connectivity index (χ0) is 15.1. The fraction of sp³-hybridized carbons (Fsp3) is 0.467. The van der Waals surface area contributed by atoms with Gasteiger partial charge in [0.2, 0.25) is 0 Å². The second kappa shape index (κ2) is 7.64. The number of hydrogen-bond acceptors (Lipinski definition) is 4. The molecule has 1 aliphatic carbocycles. The molecule has 1 aromatic rings. The lowest BCUT2D eigenvalue weighted by molar-refractivity contribution is 0.0582. The molecule has 0 bridgehead atoms. The van der Waals surface area contributed by atoms with Gasteiger partial charge in [-0.3, -0.25) is 4.79 Å². The average molecular weight is 291 g/mol. The van der Waals surface area contributed by atoms with Crippen LogP contribution < -0.4 is 11.1 Å². The van der Waals surface area contributed by atoms with Gasteiger partial charge in [-0.05, 0) is 25.0 Å². The Balaban J connectivity index is 1.74. The van der Waals surface area contributed by atoms with Gasteiger partial charge in [-0.15, -0.1) is 0 Å². The van der Waals surface area contributed by atoms with Gasteiger partial charge in [-0.1, -0.05) is 30.1 Å². The lowest BCUT2D eigenvalue weighted by Gasteiger charge is -2.11. The van der Waals surface area contributed by atoms with Gasteiger partial charge in [0.1, 0.15) is 0 Å². The number of carbonyl (C=O) groups excluding carboxylic acids is 1. The van der Waals surface area contributed by atoms with Crippen LogP contribution in [0.3, 0.4) is 0 Å². The minimum atomic E-state index is -0.156. The fourth-order valence-electron chi connectivity index (χ4n) is 2.40. The summed E-state index contributed by atoms with van der Waals surface area (Å²) in [5, 5.41) is 14.3. The van der Waals surface area contributed by atoms with Crippen LogP contribution in [0.5, 0.6) is 0 Å². The van der Waals surface area contributed by atoms with Crippen LogP contribution in [0, 0.1) is 0 Å². The maximum Gasteiger partial charge on any atom is 0.251 e. The number of hydrogen-bond donors (Lipinski definition) is 3. The van der Waals surface area contributed by atoms with Crippen LogP contribution in [0.2, 0.25) is 0 Å². The Hall–Kier alpha value is -2.08. The summed E-state index contributed by atoms with van der Waals surface area (Å²) < 4.78 is 5.68. The lowest BCUT2D eigenvalue weighted by Crippen LogP contribution is -2.28. The molecule has 2 rings (SSSR count). The molecule has 0 aliphatic heterocycles. The normalized spacial score (nSPS) is 16.1. The maximum absolute atomic E-state index is 11.9. The second-order valence-corrected chi connectivity index (χ2v) is 5.10. The van der Waals surface area contributed by atoms with Gasteiger partial charge in [0, 0.05) is 17.7 Å². The first-order valence-corrected chi connectivity index (χ1v) is 7.18. The van der Waals surface area contributed by atoms with E-state index in [4.69, 9.17) is 15.7 Å². The third kappa shape index (κ3) is 4.46. The number of carbonyl (C=O) groups is 1. The first-order chi connectivity index (χ1) is 10.2. The molecular formula is C15H21N3O3. The molecule has 114 valence electrons. The van der Waals surface area contributed by atoms with Crippen molar-refractivity contribution >= 4 is 11.7 Å². The zero-order valence-corrected chi connectivity index (χ0v) is 11.9. The average Bonchev–Trinajstić information content (AvgIpc) is 3.04. The first-order valence-electron chi connectivity index (χ1n) is 7.18. The smallest absolute Gasteiger partial charge is 0.251 e. The monoisotopic (exact) mass is 291 g/mol. The first kappa shape index (κ1) is 15.3. The number of ether oxygens (including phenoxy) is 1. The molecule has 0 aromatic heterocycles. The molecule has 0 spiro atoms. The molecule has 0 saturated heterocycles. The van der Waals surface area contributed by atoms with Crippen molar-refractivity contribution in [1.29, 1.82) is 0 Å². The fourth-order valence-corrected chi connectivity index (χ4v) is 2.40. The molecule has 0 radical (unpaired) electrons. The standard InChI is InChI=1S/C15H21N3O3/c16-14(18-20)11-5-7-12(8-6-11)15(19)17-9-10-21-13-3-1-2-4-13/h5-8,13,20H,1-4,9-10H2,(H2,16,18)(H,17,19). The lowest BCUT2D eigenvalue weighted by atomic mass is 10.1. The Morgan fingerprint density at radius 2 is 1.90 bits per heavy atom.